The van der Waals surface area contributed by atoms with Gasteiger partial charge in [0.05, 0.1) is 6.10 Å². The van der Waals surface area contributed by atoms with E-state index in [1.807, 2.05) is 13.8 Å². The van der Waals surface area contributed by atoms with E-state index in [1.54, 1.807) is 16.8 Å². The first-order chi connectivity index (χ1) is 8.95. The van der Waals surface area contributed by atoms with Crippen molar-refractivity contribution in [3.63, 3.8) is 0 Å². The van der Waals surface area contributed by atoms with Crippen molar-refractivity contribution in [3.8, 4) is 0 Å². The topological polar surface area (TPSA) is 59.1 Å². The number of carbonyl (C=O) groups is 2. The molecule has 1 aliphatic heterocycles. The fourth-order valence-corrected chi connectivity index (χ4v) is 2.15. The van der Waals surface area contributed by atoms with Gasteiger partial charge in [-0.05, 0) is 26.7 Å². The van der Waals surface area contributed by atoms with Gasteiger partial charge in [0.1, 0.15) is 6.61 Å². The van der Waals surface area contributed by atoms with Gasteiger partial charge < -0.3 is 19.3 Å². The molecule has 0 N–H and O–H groups in total. The molecule has 0 aromatic rings. The number of methoxy groups -OCH3 is 1. The Morgan fingerprint density at radius 3 is 2.37 bits per heavy atom. The van der Waals surface area contributed by atoms with Crippen molar-refractivity contribution < 1.29 is 19.1 Å². The van der Waals surface area contributed by atoms with Crippen LogP contribution in [0.3, 0.4) is 0 Å². The number of hydrogen-bond donors (Lipinski definition) is 0. The first-order valence-corrected chi connectivity index (χ1v) is 6.65. The van der Waals surface area contributed by atoms with Crippen molar-refractivity contribution in [2.45, 2.75) is 38.8 Å². The molecule has 1 heterocycles. The summed E-state index contributed by atoms with van der Waals surface area (Å²) in [5.41, 5.74) is 0. The van der Waals surface area contributed by atoms with E-state index in [1.165, 1.54) is 7.11 Å². The van der Waals surface area contributed by atoms with Gasteiger partial charge in [-0.2, -0.15) is 0 Å². The maximum Gasteiger partial charge on any atom is 0.410 e. The van der Waals surface area contributed by atoms with Crippen LogP contribution in [0.4, 0.5) is 4.79 Å². The molecule has 0 bridgehead atoms. The summed E-state index contributed by atoms with van der Waals surface area (Å²) >= 11 is 0. The number of ether oxygens (including phenoxy) is 2. The smallest absolute Gasteiger partial charge is 0.410 e. The molecule has 110 valence electrons. The molecule has 19 heavy (non-hydrogen) atoms. The molecule has 0 aliphatic carbocycles. The molecule has 1 saturated heterocycles. The van der Waals surface area contributed by atoms with E-state index in [-0.39, 0.29) is 30.8 Å². The minimum atomic E-state index is -0.295. The first-order valence-electron chi connectivity index (χ1n) is 6.65. The monoisotopic (exact) mass is 272 g/mol. The lowest BCUT2D eigenvalue weighted by Crippen LogP contribution is -2.48. The van der Waals surface area contributed by atoms with Crippen LogP contribution in [0.5, 0.6) is 0 Å². The Balaban J connectivity index is 2.40. The predicted molar refractivity (Wildman–Crippen MR) is 70.9 cm³/mol. The van der Waals surface area contributed by atoms with E-state index in [0.29, 0.717) is 13.1 Å². The van der Waals surface area contributed by atoms with Gasteiger partial charge >= 0.3 is 6.09 Å². The number of amides is 2. The fourth-order valence-electron chi connectivity index (χ4n) is 2.15. The second-order valence-electron chi connectivity index (χ2n) is 5.09. The number of carbonyl (C=O) groups excluding carboxylic acids is 2. The molecule has 1 fully saturated rings. The highest BCUT2D eigenvalue weighted by Crippen LogP contribution is 2.16. The molecule has 0 atom stereocenters. The third-order valence-corrected chi connectivity index (χ3v) is 3.26. The van der Waals surface area contributed by atoms with Crippen LogP contribution < -0.4 is 0 Å². The molecular formula is C13H24N2O4. The summed E-state index contributed by atoms with van der Waals surface area (Å²) in [4.78, 5) is 26.8. The molecule has 0 aromatic heterocycles. The molecule has 6 nitrogen and oxygen atoms in total. The summed E-state index contributed by atoms with van der Waals surface area (Å²) in [6.45, 7) is 5.10. The van der Waals surface area contributed by atoms with Crippen molar-refractivity contribution >= 4 is 12.0 Å². The number of hydrogen-bond acceptors (Lipinski definition) is 4. The Morgan fingerprint density at radius 2 is 1.89 bits per heavy atom. The van der Waals surface area contributed by atoms with Crippen molar-refractivity contribution in [3.05, 3.63) is 0 Å². The normalized spacial score (nSPS) is 16.6. The second kappa shape index (κ2) is 7.33. The third-order valence-electron chi connectivity index (χ3n) is 3.26. The van der Waals surface area contributed by atoms with Crippen LogP contribution in [-0.2, 0) is 14.3 Å². The quantitative estimate of drug-likeness (QED) is 0.769. The second-order valence-corrected chi connectivity index (χ2v) is 5.09. The van der Waals surface area contributed by atoms with E-state index < -0.39 is 0 Å². The highest BCUT2D eigenvalue weighted by Gasteiger charge is 2.28. The van der Waals surface area contributed by atoms with Gasteiger partial charge in [0, 0.05) is 33.3 Å². The van der Waals surface area contributed by atoms with E-state index in [4.69, 9.17) is 9.47 Å². The van der Waals surface area contributed by atoms with Crippen LogP contribution in [0.15, 0.2) is 0 Å². The summed E-state index contributed by atoms with van der Waals surface area (Å²) in [7, 11) is 3.27. The van der Waals surface area contributed by atoms with E-state index in [2.05, 4.69) is 0 Å². The molecule has 0 unspecified atom stereocenters. The lowest BCUT2D eigenvalue weighted by atomic mass is 10.0. The zero-order chi connectivity index (χ0) is 14.4. The molecule has 0 radical (unpaired) electrons. The van der Waals surface area contributed by atoms with Crippen LogP contribution in [0.2, 0.25) is 0 Å². The lowest BCUT2D eigenvalue weighted by Gasteiger charge is -2.36. The average Bonchev–Trinajstić information content (AvgIpc) is 2.37. The van der Waals surface area contributed by atoms with E-state index in [9.17, 15) is 9.59 Å². The van der Waals surface area contributed by atoms with Gasteiger partial charge in [-0.3, -0.25) is 4.79 Å². The Labute approximate surface area is 114 Å². The number of nitrogens with zero attached hydrogens (tertiary/aromatic N) is 2. The van der Waals surface area contributed by atoms with E-state index >= 15 is 0 Å². The molecule has 2 amide bonds. The first kappa shape index (κ1) is 15.8. The van der Waals surface area contributed by atoms with Crippen molar-refractivity contribution in [1.82, 2.24) is 9.80 Å². The maximum atomic E-state index is 11.8. The standard InChI is InChI=1S/C13H24N2O4/c1-10(2)19-13(17)14(3)11-5-7-15(8-6-11)12(16)9-18-4/h10-11H,5-9H2,1-4H3. The Morgan fingerprint density at radius 1 is 1.32 bits per heavy atom. The Bertz CT molecular complexity index is 312. The minimum Gasteiger partial charge on any atom is -0.447 e. The summed E-state index contributed by atoms with van der Waals surface area (Å²) in [6.07, 6.45) is 1.15. The van der Waals surface area contributed by atoms with Crippen LogP contribution >= 0.6 is 0 Å². The van der Waals surface area contributed by atoms with Crippen molar-refractivity contribution in [2.24, 2.45) is 0 Å². The lowest BCUT2D eigenvalue weighted by molar-refractivity contribution is -0.136. The van der Waals surface area contributed by atoms with Crippen LogP contribution in [0, 0.1) is 0 Å². The van der Waals surface area contributed by atoms with Gasteiger partial charge in [-0.1, -0.05) is 0 Å². The van der Waals surface area contributed by atoms with E-state index in [0.717, 1.165) is 12.8 Å². The number of likely N-dealkylation sites (tertiary alicyclic amines) is 1. The highest BCUT2D eigenvalue weighted by atomic mass is 16.6. The van der Waals surface area contributed by atoms with Crippen LogP contribution in [0.1, 0.15) is 26.7 Å². The van der Waals surface area contributed by atoms with Gasteiger partial charge in [0.25, 0.3) is 0 Å². The highest BCUT2D eigenvalue weighted by molar-refractivity contribution is 5.77. The third kappa shape index (κ3) is 4.70. The van der Waals surface area contributed by atoms with Crippen LogP contribution in [-0.4, -0.2) is 67.8 Å². The van der Waals surface area contributed by atoms with Crippen molar-refractivity contribution in [1.29, 1.82) is 0 Å². The average molecular weight is 272 g/mol. The van der Waals surface area contributed by atoms with Gasteiger partial charge in [-0.25, -0.2) is 4.79 Å². The summed E-state index contributed by atoms with van der Waals surface area (Å²) in [5.74, 6) is 0.00774. The largest absolute Gasteiger partial charge is 0.447 e. The van der Waals surface area contributed by atoms with Gasteiger partial charge in [-0.15, -0.1) is 0 Å². The zero-order valence-electron chi connectivity index (χ0n) is 12.2. The molecule has 1 rings (SSSR count). The Kier molecular flexibility index (Phi) is 6.08. The molecular weight excluding hydrogens is 248 g/mol. The summed E-state index contributed by atoms with van der Waals surface area (Å²) in [5, 5.41) is 0. The molecule has 0 aromatic carbocycles. The SMILES string of the molecule is COCC(=O)N1CCC(N(C)C(=O)OC(C)C)CC1. The number of piperidine rings is 1. The maximum absolute atomic E-state index is 11.8. The minimum absolute atomic E-state index is 0.00774. The molecule has 0 spiro atoms. The van der Waals surface area contributed by atoms with Gasteiger partial charge in [0.2, 0.25) is 5.91 Å². The van der Waals surface area contributed by atoms with Gasteiger partial charge in [0.15, 0.2) is 0 Å². The van der Waals surface area contributed by atoms with Crippen LogP contribution in [0.25, 0.3) is 0 Å². The Hall–Kier alpha value is -1.30. The predicted octanol–water partition coefficient (Wildman–Crippen LogP) is 1.10. The number of rotatable bonds is 4. The fraction of sp³-hybridized carbons (Fsp3) is 0.846. The zero-order valence-corrected chi connectivity index (χ0v) is 12.2. The molecule has 6 heteroatoms. The molecule has 0 saturated carbocycles. The molecule has 1 aliphatic rings. The van der Waals surface area contributed by atoms with Crippen molar-refractivity contribution in [2.75, 3.05) is 33.9 Å². The summed E-state index contributed by atoms with van der Waals surface area (Å²) < 4.78 is 10.0. The summed E-state index contributed by atoms with van der Waals surface area (Å²) in [6, 6.07) is 0.137.